The SMILES string of the molecule is CCC(CC)C(=O)NCCCc1nc2ccccc2n1Cc1cccc2ccccc12. The molecule has 0 bridgehead atoms. The number of hydrogen-bond donors (Lipinski definition) is 1. The summed E-state index contributed by atoms with van der Waals surface area (Å²) in [5.74, 6) is 1.37. The number of para-hydroxylation sites is 2. The molecule has 0 saturated heterocycles. The largest absolute Gasteiger partial charge is 0.356 e. The van der Waals surface area contributed by atoms with Gasteiger partial charge in [-0.05, 0) is 47.7 Å². The molecule has 160 valence electrons. The van der Waals surface area contributed by atoms with Crippen molar-refractivity contribution in [3.63, 3.8) is 0 Å². The maximum absolute atomic E-state index is 12.3. The summed E-state index contributed by atoms with van der Waals surface area (Å²) < 4.78 is 2.33. The zero-order valence-electron chi connectivity index (χ0n) is 18.5. The molecule has 0 atom stereocenters. The molecule has 0 unspecified atom stereocenters. The van der Waals surface area contributed by atoms with Crippen LogP contribution >= 0.6 is 0 Å². The van der Waals surface area contributed by atoms with Gasteiger partial charge < -0.3 is 9.88 Å². The summed E-state index contributed by atoms with van der Waals surface area (Å²) >= 11 is 0. The molecule has 1 N–H and O–H groups in total. The van der Waals surface area contributed by atoms with Gasteiger partial charge in [-0.15, -0.1) is 0 Å². The average Bonchev–Trinajstić information content (AvgIpc) is 3.15. The van der Waals surface area contributed by atoms with E-state index in [0.29, 0.717) is 6.54 Å². The van der Waals surface area contributed by atoms with Crippen molar-refractivity contribution >= 4 is 27.7 Å². The average molecular weight is 414 g/mol. The van der Waals surface area contributed by atoms with Gasteiger partial charge in [-0.2, -0.15) is 0 Å². The molecule has 0 saturated carbocycles. The molecule has 0 aliphatic heterocycles. The zero-order chi connectivity index (χ0) is 21.6. The molecule has 1 amide bonds. The van der Waals surface area contributed by atoms with E-state index in [1.807, 2.05) is 6.07 Å². The van der Waals surface area contributed by atoms with Gasteiger partial charge in [-0.25, -0.2) is 4.98 Å². The van der Waals surface area contributed by atoms with E-state index in [1.165, 1.54) is 16.3 Å². The molecule has 1 heterocycles. The van der Waals surface area contributed by atoms with Crippen molar-refractivity contribution in [2.24, 2.45) is 5.92 Å². The number of aromatic nitrogens is 2. The minimum Gasteiger partial charge on any atom is -0.356 e. The first-order chi connectivity index (χ1) is 15.2. The van der Waals surface area contributed by atoms with Crippen LogP contribution in [-0.4, -0.2) is 22.0 Å². The summed E-state index contributed by atoms with van der Waals surface area (Å²) in [6.07, 6.45) is 3.50. The second-order valence-electron chi connectivity index (χ2n) is 8.15. The number of hydrogen-bond acceptors (Lipinski definition) is 2. The number of carbonyl (C=O) groups is 1. The first kappa shape index (κ1) is 21.1. The Morgan fingerprint density at radius 2 is 1.71 bits per heavy atom. The summed E-state index contributed by atoms with van der Waals surface area (Å²) in [7, 11) is 0. The van der Waals surface area contributed by atoms with Gasteiger partial charge in [0.05, 0.1) is 11.0 Å². The van der Waals surface area contributed by atoms with Gasteiger partial charge in [0.1, 0.15) is 5.82 Å². The topological polar surface area (TPSA) is 46.9 Å². The van der Waals surface area contributed by atoms with E-state index in [0.717, 1.165) is 49.1 Å². The Morgan fingerprint density at radius 3 is 2.55 bits per heavy atom. The van der Waals surface area contributed by atoms with Gasteiger partial charge in [0.15, 0.2) is 0 Å². The Hall–Kier alpha value is -3.14. The number of nitrogens with one attached hydrogen (secondary N) is 1. The molecule has 0 spiro atoms. The fourth-order valence-electron chi connectivity index (χ4n) is 4.36. The Balaban J connectivity index is 1.54. The monoisotopic (exact) mass is 413 g/mol. The summed E-state index contributed by atoms with van der Waals surface area (Å²) in [5, 5.41) is 5.65. The molecule has 4 aromatic rings. The highest BCUT2D eigenvalue weighted by Crippen LogP contribution is 2.23. The lowest BCUT2D eigenvalue weighted by Crippen LogP contribution is -2.31. The number of aryl methyl sites for hydroxylation is 1. The Kier molecular flexibility index (Phi) is 6.66. The maximum atomic E-state index is 12.3. The van der Waals surface area contributed by atoms with Gasteiger partial charge in [0.2, 0.25) is 5.91 Å². The fourth-order valence-corrected chi connectivity index (χ4v) is 4.36. The van der Waals surface area contributed by atoms with Crippen LogP contribution in [0.3, 0.4) is 0 Å². The molecule has 4 heteroatoms. The smallest absolute Gasteiger partial charge is 0.223 e. The maximum Gasteiger partial charge on any atom is 0.223 e. The van der Waals surface area contributed by atoms with Crippen LogP contribution in [0.25, 0.3) is 21.8 Å². The molecule has 0 radical (unpaired) electrons. The summed E-state index contributed by atoms with van der Waals surface area (Å²) in [6, 6.07) is 23.4. The van der Waals surface area contributed by atoms with E-state index < -0.39 is 0 Å². The lowest BCUT2D eigenvalue weighted by Gasteiger charge is -2.14. The van der Waals surface area contributed by atoms with Gasteiger partial charge in [-0.1, -0.05) is 68.4 Å². The summed E-state index contributed by atoms with van der Waals surface area (Å²) in [4.78, 5) is 17.2. The van der Waals surface area contributed by atoms with Crippen molar-refractivity contribution in [2.75, 3.05) is 6.54 Å². The third-order valence-corrected chi connectivity index (χ3v) is 6.17. The van der Waals surface area contributed by atoms with Crippen molar-refractivity contribution in [2.45, 2.75) is 46.1 Å². The van der Waals surface area contributed by atoms with E-state index in [-0.39, 0.29) is 11.8 Å². The molecule has 0 fully saturated rings. The Labute approximate surface area is 184 Å². The quantitative estimate of drug-likeness (QED) is 0.357. The normalized spacial score (nSPS) is 11.5. The van der Waals surface area contributed by atoms with Crippen LogP contribution in [0.4, 0.5) is 0 Å². The van der Waals surface area contributed by atoms with Crippen LogP contribution in [0.2, 0.25) is 0 Å². The first-order valence-corrected chi connectivity index (χ1v) is 11.4. The molecule has 0 aliphatic carbocycles. The number of fused-ring (bicyclic) bond motifs is 2. The van der Waals surface area contributed by atoms with Crippen molar-refractivity contribution in [1.82, 2.24) is 14.9 Å². The zero-order valence-corrected chi connectivity index (χ0v) is 18.5. The van der Waals surface area contributed by atoms with Crippen LogP contribution in [0.15, 0.2) is 66.7 Å². The van der Waals surface area contributed by atoms with E-state index >= 15 is 0 Å². The lowest BCUT2D eigenvalue weighted by atomic mass is 10.0. The van der Waals surface area contributed by atoms with Gasteiger partial charge in [0, 0.05) is 25.4 Å². The molecular formula is C27H31N3O. The second kappa shape index (κ2) is 9.78. The fraction of sp³-hybridized carbons (Fsp3) is 0.333. The predicted octanol–water partition coefficient (Wildman–Crippen LogP) is 5.72. The minimum atomic E-state index is 0.121. The van der Waals surface area contributed by atoms with Crippen LogP contribution in [-0.2, 0) is 17.8 Å². The van der Waals surface area contributed by atoms with E-state index in [9.17, 15) is 4.79 Å². The van der Waals surface area contributed by atoms with E-state index in [4.69, 9.17) is 4.98 Å². The molecular weight excluding hydrogens is 382 g/mol. The predicted molar refractivity (Wildman–Crippen MR) is 128 cm³/mol. The highest BCUT2D eigenvalue weighted by molar-refractivity contribution is 5.86. The molecule has 4 rings (SSSR count). The number of nitrogens with zero attached hydrogens (tertiary/aromatic N) is 2. The Bertz CT molecular complexity index is 1170. The molecule has 4 nitrogen and oxygen atoms in total. The van der Waals surface area contributed by atoms with Gasteiger partial charge >= 0.3 is 0 Å². The first-order valence-electron chi connectivity index (χ1n) is 11.4. The number of benzene rings is 3. The lowest BCUT2D eigenvalue weighted by molar-refractivity contribution is -0.125. The molecule has 31 heavy (non-hydrogen) atoms. The van der Waals surface area contributed by atoms with E-state index in [2.05, 4.69) is 84.4 Å². The standard InChI is InChI=1S/C27H31N3O/c1-3-20(4-2)27(31)28-18-10-17-26-29-24-15-7-8-16-25(24)30(26)19-22-13-9-12-21-11-5-6-14-23(21)22/h5-9,11-16,20H,3-4,10,17-19H2,1-2H3,(H,28,31). The number of imidazole rings is 1. The van der Waals surface area contributed by atoms with Crippen molar-refractivity contribution in [3.05, 3.63) is 78.1 Å². The number of amides is 1. The highest BCUT2D eigenvalue weighted by Gasteiger charge is 2.15. The van der Waals surface area contributed by atoms with Crippen LogP contribution < -0.4 is 5.32 Å². The van der Waals surface area contributed by atoms with Crippen LogP contribution in [0.1, 0.15) is 44.5 Å². The van der Waals surface area contributed by atoms with E-state index in [1.54, 1.807) is 0 Å². The van der Waals surface area contributed by atoms with Crippen molar-refractivity contribution in [3.8, 4) is 0 Å². The minimum absolute atomic E-state index is 0.121. The second-order valence-corrected chi connectivity index (χ2v) is 8.15. The number of carbonyl (C=O) groups excluding carboxylic acids is 1. The third kappa shape index (κ3) is 4.63. The number of rotatable bonds is 9. The molecule has 1 aromatic heterocycles. The molecule has 3 aromatic carbocycles. The third-order valence-electron chi connectivity index (χ3n) is 6.17. The Morgan fingerprint density at radius 1 is 0.968 bits per heavy atom. The van der Waals surface area contributed by atoms with Crippen LogP contribution in [0, 0.1) is 5.92 Å². The van der Waals surface area contributed by atoms with Gasteiger partial charge in [-0.3, -0.25) is 4.79 Å². The summed E-state index contributed by atoms with van der Waals surface area (Å²) in [5.41, 5.74) is 3.48. The van der Waals surface area contributed by atoms with Crippen LogP contribution in [0.5, 0.6) is 0 Å². The summed E-state index contributed by atoms with van der Waals surface area (Å²) in [6.45, 7) is 5.62. The molecule has 0 aliphatic rings. The van der Waals surface area contributed by atoms with Crippen molar-refractivity contribution < 1.29 is 4.79 Å². The van der Waals surface area contributed by atoms with Crippen molar-refractivity contribution in [1.29, 1.82) is 0 Å². The van der Waals surface area contributed by atoms with Gasteiger partial charge in [0.25, 0.3) is 0 Å². The highest BCUT2D eigenvalue weighted by atomic mass is 16.1.